The Labute approximate surface area is 83.9 Å². The Bertz CT molecular complexity index is 329. The number of hydrogen-bond acceptors (Lipinski definition) is 2. The van der Waals surface area contributed by atoms with Gasteiger partial charge in [0.2, 0.25) is 0 Å². The molecule has 1 rings (SSSR count). The molecule has 0 aliphatic carbocycles. The van der Waals surface area contributed by atoms with Crippen molar-refractivity contribution in [3.05, 3.63) is 42.5 Å². The average Bonchev–Trinajstić information content (AvgIpc) is 2.18. The molecule has 0 aliphatic rings. The highest BCUT2D eigenvalue weighted by Gasteiger charge is 2.08. The number of Topliss-reactive ketones (excluding diaryl/α,β-unsaturated/α-hetero) is 1. The normalized spacial score (nSPS) is 9.71. The minimum atomic E-state index is -0.00931. The molecule has 0 heterocycles. The number of para-hydroxylation sites is 1. The molecule has 0 amide bonds. The predicted octanol–water partition coefficient (Wildman–Crippen LogP) is 2.93. The molecule has 0 saturated heterocycles. The van der Waals surface area contributed by atoms with Gasteiger partial charge in [0.15, 0.2) is 5.78 Å². The van der Waals surface area contributed by atoms with Crippen LogP contribution in [0.25, 0.3) is 0 Å². The van der Waals surface area contributed by atoms with Crippen molar-refractivity contribution >= 4 is 5.78 Å². The summed E-state index contributed by atoms with van der Waals surface area (Å²) in [6.45, 7) is 3.59. The van der Waals surface area contributed by atoms with Gasteiger partial charge < -0.3 is 5.11 Å². The van der Waals surface area contributed by atoms with Crippen molar-refractivity contribution in [2.45, 2.75) is 19.3 Å². The van der Waals surface area contributed by atoms with Crippen LogP contribution in [0.3, 0.4) is 0 Å². The zero-order chi connectivity index (χ0) is 10.4. The third-order valence-corrected chi connectivity index (χ3v) is 2.02. The smallest absolute Gasteiger partial charge is 0.166 e. The second-order valence-electron chi connectivity index (χ2n) is 3.12. The Morgan fingerprint density at radius 3 is 2.79 bits per heavy atom. The highest BCUT2D eigenvalue weighted by atomic mass is 16.3. The van der Waals surface area contributed by atoms with Crippen LogP contribution in [-0.4, -0.2) is 10.9 Å². The molecule has 0 atom stereocenters. The maximum atomic E-state index is 11.5. The maximum absolute atomic E-state index is 11.5. The zero-order valence-corrected chi connectivity index (χ0v) is 8.07. The molecule has 14 heavy (non-hydrogen) atoms. The van der Waals surface area contributed by atoms with Crippen molar-refractivity contribution in [3.8, 4) is 5.75 Å². The SMILES string of the molecule is C=CCCCC(=O)c1ccccc1O. The summed E-state index contributed by atoms with van der Waals surface area (Å²) in [6.07, 6.45) is 3.87. The van der Waals surface area contributed by atoms with Crippen molar-refractivity contribution in [1.82, 2.24) is 0 Å². The molecule has 1 N–H and O–H groups in total. The number of phenols is 1. The van der Waals surface area contributed by atoms with Crippen LogP contribution in [0, 0.1) is 0 Å². The van der Waals surface area contributed by atoms with Crippen molar-refractivity contribution in [1.29, 1.82) is 0 Å². The van der Waals surface area contributed by atoms with E-state index in [1.165, 1.54) is 6.07 Å². The van der Waals surface area contributed by atoms with Crippen molar-refractivity contribution in [2.24, 2.45) is 0 Å². The molecule has 2 nitrogen and oxygen atoms in total. The number of ketones is 1. The number of unbranched alkanes of at least 4 members (excludes halogenated alkanes) is 1. The van der Waals surface area contributed by atoms with Gasteiger partial charge >= 0.3 is 0 Å². The summed E-state index contributed by atoms with van der Waals surface area (Å²) in [6, 6.07) is 6.63. The first kappa shape index (κ1) is 10.5. The molecule has 0 radical (unpaired) electrons. The van der Waals surface area contributed by atoms with Crippen LogP contribution >= 0.6 is 0 Å². The van der Waals surface area contributed by atoms with Gasteiger partial charge in [0.1, 0.15) is 5.75 Å². The maximum Gasteiger partial charge on any atom is 0.166 e. The summed E-state index contributed by atoms with van der Waals surface area (Å²) in [5, 5.41) is 9.40. The lowest BCUT2D eigenvalue weighted by Gasteiger charge is -2.01. The van der Waals surface area contributed by atoms with E-state index in [0.29, 0.717) is 12.0 Å². The molecule has 0 bridgehead atoms. The molecule has 0 saturated carbocycles. The Balaban J connectivity index is 2.60. The van der Waals surface area contributed by atoms with Crippen LogP contribution < -0.4 is 0 Å². The van der Waals surface area contributed by atoms with Gasteiger partial charge in [-0.05, 0) is 25.0 Å². The lowest BCUT2D eigenvalue weighted by atomic mass is 10.0. The van der Waals surface area contributed by atoms with Gasteiger partial charge in [-0.1, -0.05) is 18.2 Å². The molecule has 0 aliphatic heterocycles. The summed E-state index contributed by atoms with van der Waals surface area (Å²) >= 11 is 0. The van der Waals surface area contributed by atoms with Gasteiger partial charge in [0.05, 0.1) is 5.56 Å². The van der Waals surface area contributed by atoms with E-state index in [-0.39, 0.29) is 11.5 Å². The summed E-state index contributed by atoms with van der Waals surface area (Å²) in [5.74, 6) is 0.0565. The summed E-state index contributed by atoms with van der Waals surface area (Å²) < 4.78 is 0. The van der Waals surface area contributed by atoms with Gasteiger partial charge in [-0.25, -0.2) is 0 Å². The van der Waals surface area contributed by atoms with Crippen molar-refractivity contribution in [2.75, 3.05) is 0 Å². The summed E-state index contributed by atoms with van der Waals surface area (Å²) in [5.41, 5.74) is 0.413. The molecule has 0 fully saturated rings. The number of allylic oxidation sites excluding steroid dienone is 1. The lowest BCUT2D eigenvalue weighted by molar-refractivity contribution is 0.0978. The lowest BCUT2D eigenvalue weighted by Crippen LogP contribution is -1.98. The van der Waals surface area contributed by atoms with E-state index in [1.807, 2.05) is 0 Å². The van der Waals surface area contributed by atoms with E-state index in [1.54, 1.807) is 24.3 Å². The first-order valence-electron chi connectivity index (χ1n) is 4.68. The Morgan fingerprint density at radius 1 is 1.43 bits per heavy atom. The number of aromatic hydroxyl groups is 1. The van der Waals surface area contributed by atoms with Crippen LogP contribution in [0.4, 0.5) is 0 Å². The van der Waals surface area contributed by atoms with E-state index in [2.05, 4.69) is 6.58 Å². The molecular weight excluding hydrogens is 176 g/mol. The van der Waals surface area contributed by atoms with Gasteiger partial charge in [-0.2, -0.15) is 0 Å². The van der Waals surface area contributed by atoms with Crippen LogP contribution in [0.1, 0.15) is 29.6 Å². The van der Waals surface area contributed by atoms with Crippen LogP contribution in [-0.2, 0) is 0 Å². The fourth-order valence-electron chi connectivity index (χ4n) is 1.25. The molecule has 0 unspecified atom stereocenters. The standard InChI is InChI=1S/C12H14O2/c1-2-3-4-8-11(13)10-7-5-6-9-12(10)14/h2,5-7,9,14H,1,3-4,8H2. The largest absolute Gasteiger partial charge is 0.507 e. The Kier molecular flexibility index (Phi) is 3.92. The third kappa shape index (κ3) is 2.73. The van der Waals surface area contributed by atoms with Crippen molar-refractivity contribution < 1.29 is 9.90 Å². The highest BCUT2D eigenvalue weighted by Crippen LogP contribution is 2.18. The second kappa shape index (κ2) is 5.22. The molecule has 74 valence electrons. The Hall–Kier alpha value is -1.57. The quantitative estimate of drug-likeness (QED) is 0.440. The molecule has 1 aromatic rings. The third-order valence-electron chi connectivity index (χ3n) is 2.02. The minimum Gasteiger partial charge on any atom is -0.507 e. The molecule has 0 spiro atoms. The van der Waals surface area contributed by atoms with Crippen LogP contribution in [0.2, 0.25) is 0 Å². The number of carbonyl (C=O) groups excluding carboxylic acids is 1. The average molecular weight is 190 g/mol. The van der Waals surface area contributed by atoms with Gasteiger partial charge in [0.25, 0.3) is 0 Å². The number of rotatable bonds is 5. The highest BCUT2D eigenvalue weighted by molar-refractivity contribution is 5.98. The van der Waals surface area contributed by atoms with Gasteiger partial charge in [-0.15, -0.1) is 6.58 Å². The van der Waals surface area contributed by atoms with E-state index in [0.717, 1.165) is 12.8 Å². The number of benzene rings is 1. The first-order chi connectivity index (χ1) is 6.75. The second-order valence-corrected chi connectivity index (χ2v) is 3.12. The Morgan fingerprint density at radius 2 is 2.14 bits per heavy atom. The number of hydrogen-bond donors (Lipinski definition) is 1. The monoisotopic (exact) mass is 190 g/mol. The molecule has 2 heteroatoms. The number of phenolic OH excluding ortho intramolecular Hbond substituents is 1. The summed E-state index contributed by atoms with van der Waals surface area (Å²) in [7, 11) is 0. The fourth-order valence-corrected chi connectivity index (χ4v) is 1.25. The zero-order valence-electron chi connectivity index (χ0n) is 8.07. The minimum absolute atomic E-state index is 0.00931. The first-order valence-corrected chi connectivity index (χ1v) is 4.68. The van der Waals surface area contributed by atoms with Gasteiger partial charge in [-0.3, -0.25) is 4.79 Å². The fraction of sp³-hybridized carbons (Fsp3) is 0.250. The van der Waals surface area contributed by atoms with Gasteiger partial charge in [0, 0.05) is 6.42 Å². The molecule has 0 aromatic heterocycles. The topological polar surface area (TPSA) is 37.3 Å². The predicted molar refractivity (Wildman–Crippen MR) is 56.5 cm³/mol. The molecule has 1 aromatic carbocycles. The number of carbonyl (C=O) groups is 1. The van der Waals surface area contributed by atoms with Crippen LogP contribution in [0.5, 0.6) is 5.75 Å². The molecular formula is C12H14O2. The van der Waals surface area contributed by atoms with E-state index >= 15 is 0 Å². The van der Waals surface area contributed by atoms with Crippen molar-refractivity contribution in [3.63, 3.8) is 0 Å². The van der Waals surface area contributed by atoms with E-state index in [9.17, 15) is 9.90 Å². The summed E-state index contributed by atoms with van der Waals surface area (Å²) in [4.78, 5) is 11.5. The van der Waals surface area contributed by atoms with Crippen LogP contribution in [0.15, 0.2) is 36.9 Å². The van der Waals surface area contributed by atoms with E-state index in [4.69, 9.17) is 0 Å². The van der Waals surface area contributed by atoms with E-state index < -0.39 is 0 Å².